The predicted molar refractivity (Wildman–Crippen MR) is 262 cm³/mol. The number of hydrogen-bond donors (Lipinski definition) is 0. The Bertz CT molecular complexity index is 2100. The molecule has 0 N–H and O–H groups in total. The minimum atomic E-state index is -6.17. The van der Waals surface area contributed by atoms with Crippen molar-refractivity contribution in [3.8, 4) is 22.3 Å². The standard InChI is InChI=1S/2C22H25N.C2H7Si.2ClH.2HI.Zr/c2*1-5-14-23(3,4)20-12-10-18(11-13-20)21-9-7-8-19-15-17(6-2)16-22(19)21;1-3-2;;;;;/h2*5,7-13,15-16H,1,6,14H2,2-4H3;3H,1-2H3;4*1H;/q2*+1;;;;;;+4/p-4. The van der Waals surface area contributed by atoms with Gasteiger partial charge >= 0.3 is 350 Å². The first kappa shape index (κ1) is 42.5. The number of benzene rings is 4. The van der Waals surface area contributed by atoms with Crippen molar-refractivity contribution in [2.75, 3.05) is 41.3 Å². The van der Waals surface area contributed by atoms with Crippen LogP contribution in [-0.4, -0.2) is 47.2 Å². The minimum absolute atomic E-state index is 0.0703. The van der Waals surface area contributed by atoms with Gasteiger partial charge in [0.05, 0.1) is 0 Å². The second-order valence-electron chi connectivity index (χ2n) is 17.4. The van der Waals surface area contributed by atoms with Crippen molar-refractivity contribution >= 4 is 82.6 Å². The molecule has 0 spiro atoms. The number of rotatable bonds is 13. The predicted octanol–water partition coefficient (Wildman–Crippen LogP) is 14.7. The van der Waals surface area contributed by atoms with Crippen LogP contribution in [0.3, 0.4) is 0 Å². The zero-order chi connectivity index (χ0) is 39.6. The van der Waals surface area contributed by atoms with Crippen molar-refractivity contribution in [2.24, 2.45) is 0 Å². The molecule has 2 aliphatic rings. The third-order valence-corrected chi connectivity index (χ3v) is 133. The summed E-state index contributed by atoms with van der Waals surface area (Å²) in [7, 11) is 27.2. The molecule has 2 unspecified atom stereocenters. The number of likely N-dealkylation sites (N-methyl/N-ethyl adjacent to an activating group) is 2. The van der Waals surface area contributed by atoms with E-state index in [0.29, 0.717) is 0 Å². The van der Waals surface area contributed by atoms with Crippen molar-refractivity contribution in [1.29, 1.82) is 0 Å². The molecule has 4 aromatic rings. The molecule has 0 aliphatic heterocycles. The average molecular weight is 1080 g/mol. The SMILES string of the molecule is C=CC[N+](C)(C)c1ccc(-c2cccc3c2C=C(CC)[CH]3[Zr]([Cl])([Cl])([I])([I])([CH]2C(CC)=Cc3c(-c4ccc([N+](C)(C)CC=C)cc4)cccc32)[SiH](C)C)cc1. The van der Waals surface area contributed by atoms with E-state index in [9.17, 15) is 0 Å². The quantitative estimate of drug-likeness (QED) is 0.0542. The van der Waals surface area contributed by atoms with Gasteiger partial charge in [-0.2, -0.15) is 0 Å². The van der Waals surface area contributed by atoms with E-state index in [1.165, 1.54) is 67.0 Å². The van der Waals surface area contributed by atoms with Crippen LogP contribution >= 0.6 is 53.1 Å². The van der Waals surface area contributed by atoms with Gasteiger partial charge in [-0.15, -0.1) is 0 Å². The van der Waals surface area contributed by atoms with Gasteiger partial charge < -0.3 is 0 Å². The van der Waals surface area contributed by atoms with Crippen LogP contribution in [0, 0.1) is 0 Å². The van der Waals surface area contributed by atoms with E-state index in [0.717, 1.165) is 34.9 Å². The van der Waals surface area contributed by atoms with Crippen LogP contribution in [0.4, 0.5) is 11.4 Å². The van der Waals surface area contributed by atoms with Crippen LogP contribution in [-0.2, 0) is 4.21 Å². The molecule has 285 valence electrons. The molecule has 2 nitrogen and oxygen atoms in total. The summed E-state index contributed by atoms with van der Waals surface area (Å²) >= 11 is 5.61. The number of halogens is 4. The molecule has 2 atom stereocenters. The van der Waals surface area contributed by atoms with Gasteiger partial charge in [-0.25, -0.2) is 0 Å². The van der Waals surface area contributed by atoms with Gasteiger partial charge in [0.25, 0.3) is 0 Å². The number of hydrogen-bond acceptors (Lipinski definition) is 0. The van der Waals surface area contributed by atoms with Crippen LogP contribution in [0.2, 0.25) is 13.1 Å². The fourth-order valence-electron chi connectivity index (χ4n) is 9.64. The molecule has 6 rings (SSSR count). The maximum atomic E-state index is 9.14. The Balaban J connectivity index is 1.55. The normalized spacial score (nSPS) is 19.2. The molecule has 0 saturated heterocycles. The van der Waals surface area contributed by atoms with E-state index in [1.807, 2.05) is 12.2 Å². The van der Waals surface area contributed by atoms with E-state index < -0.39 is 10.1 Å². The zero-order valence-electron chi connectivity index (χ0n) is 33.3. The molecule has 0 saturated carbocycles. The molecule has 0 amide bonds. The summed E-state index contributed by atoms with van der Waals surface area (Å²) in [5, 5.41) is 0. The van der Waals surface area contributed by atoms with E-state index in [2.05, 4.69) is 201 Å². The van der Waals surface area contributed by atoms with Crippen LogP contribution in [0.15, 0.2) is 121 Å². The monoisotopic (exact) mass is 1080 g/mol. The first-order chi connectivity index (χ1) is 25.1. The second kappa shape index (κ2) is 13.7. The van der Waals surface area contributed by atoms with E-state index >= 15 is 0 Å². The molecule has 2 aliphatic carbocycles. The molecular formula is C46H57Cl2I2N2SiZr+2. The number of allylic oxidation sites excluding steroid dienone is 2. The third kappa shape index (κ3) is 6.57. The second-order valence-corrected chi connectivity index (χ2v) is 155. The van der Waals surface area contributed by atoms with Crippen LogP contribution in [0.5, 0.6) is 0 Å². The fourth-order valence-corrected chi connectivity index (χ4v) is 61.4. The number of nitrogens with zero attached hydrogens (tertiary/aromatic N) is 2. The Hall–Kier alpha value is -1.10. The fraction of sp³-hybridized carbons (Fsp3) is 0.304. The van der Waals surface area contributed by atoms with Crippen molar-refractivity contribution in [2.45, 2.75) is 47.0 Å². The first-order valence-corrected chi connectivity index (χ1v) is 50.3. The van der Waals surface area contributed by atoms with Gasteiger partial charge in [-0.1, -0.05) is 0 Å². The van der Waals surface area contributed by atoms with Crippen LogP contribution < -0.4 is 8.97 Å². The molecule has 0 radical (unpaired) electrons. The maximum absolute atomic E-state index is 9.14. The Morgan fingerprint density at radius 1 is 0.630 bits per heavy atom. The van der Waals surface area contributed by atoms with Gasteiger partial charge in [0.15, 0.2) is 0 Å². The summed E-state index contributed by atoms with van der Waals surface area (Å²) in [5.41, 5.74) is 15.3. The van der Waals surface area contributed by atoms with Crippen molar-refractivity contribution in [3.05, 3.63) is 144 Å². The Morgan fingerprint density at radius 2 is 0.981 bits per heavy atom. The molecule has 0 fully saturated rings. The number of fused-ring (bicyclic) bond motifs is 2. The Labute approximate surface area is 345 Å². The molecule has 0 bridgehead atoms. The van der Waals surface area contributed by atoms with Gasteiger partial charge in [0.2, 0.25) is 0 Å². The van der Waals surface area contributed by atoms with Crippen molar-refractivity contribution < 1.29 is 4.21 Å². The van der Waals surface area contributed by atoms with Crippen LogP contribution in [0.1, 0.15) is 56.2 Å². The molecule has 54 heavy (non-hydrogen) atoms. The molecule has 8 heteroatoms. The Kier molecular flexibility index (Phi) is 10.8. The van der Waals surface area contributed by atoms with Gasteiger partial charge in [0.1, 0.15) is 0 Å². The summed E-state index contributed by atoms with van der Waals surface area (Å²) in [6, 6.07) is 31.9. The number of quaternary nitrogens is 2. The van der Waals surface area contributed by atoms with Crippen molar-refractivity contribution in [1.82, 2.24) is 8.97 Å². The molecule has 0 aromatic heterocycles. The van der Waals surface area contributed by atoms with Crippen molar-refractivity contribution in [3.63, 3.8) is 0 Å². The van der Waals surface area contributed by atoms with Gasteiger partial charge in [-0.05, 0) is 0 Å². The van der Waals surface area contributed by atoms with Crippen LogP contribution in [0.25, 0.3) is 34.4 Å². The zero-order valence-corrected chi connectivity index (χ0v) is 42.7. The van der Waals surface area contributed by atoms with E-state index in [-0.39, 0.29) is 7.25 Å². The van der Waals surface area contributed by atoms with Gasteiger partial charge in [0, 0.05) is 0 Å². The Morgan fingerprint density at radius 3 is 1.28 bits per heavy atom. The summed E-state index contributed by atoms with van der Waals surface area (Å²) in [4.78, 5) is 0. The summed E-state index contributed by atoms with van der Waals surface area (Å²) in [6.45, 7) is 19.2. The van der Waals surface area contributed by atoms with Gasteiger partial charge in [-0.3, -0.25) is 0 Å². The topological polar surface area (TPSA) is 0 Å². The third-order valence-electron chi connectivity index (χ3n) is 13.1. The molecule has 4 aromatic carbocycles. The first-order valence-electron chi connectivity index (χ1n) is 19.3. The summed E-state index contributed by atoms with van der Waals surface area (Å²) in [6.07, 6.45) is 10.7. The molecule has 0 heterocycles. The summed E-state index contributed by atoms with van der Waals surface area (Å²) in [5.74, 6) is -1.93. The van der Waals surface area contributed by atoms with E-state index in [4.69, 9.17) is 17.0 Å². The average Bonchev–Trinajstić information content (AvgIpc) is 3.73. The van der Waals surface area contributed by atoms with E-state index in [1.54, 1.807) is 0 Å². The summed E-state index contributed by atoms with van der Waals surface area (Å²) < 4.78 is -4.79. The molecular weight excluding hydrogens is 1020 g/mol.